The van der Waals surface area contributed by atoms with Crippen LogP contribution >= 0.6 is 0 Å². The Morgan fingerprint density at radius 2 is 1.77 bits per heavy atom. The van der Waals surface area contributed by atoms with E-state index in [-0.39, 0.29) is 29.1 Å². The van der Waals surface area contributed by atoms with Crippen LogP contribution in [0.3, 0.4) is 0 Å². The fourth-order valence-corrected chi connectivity index (χ4v) is 4.32. The van der Waals surface area contributed by atoms with E-state index < -0.39 is 17.6 Å². The van der Waals surface area contributed by atoms with E-state index in [1.54, 1.807) is 21.7 Å². The van der Waals surface area contributed by atoms with Crippen LogP contribution in [0.25, 0.3) is 10.9 Å². The van der Waals surface area contributed by atoms with Gasteiger partial charge in [-0.25, -0.2) is 4.39 Å². The number of rotatable bonds is 3. The molecule has 0 spiro atoms. The van der Waals surface area contributed by atoms with Crippen LogP contribution in [0.2, 0.25) is 0 Å². The van der Waals surface area contributed by atoms with Crippen LogP contribution in [-0.4, -0.2) is 33.7 Å². The summed E-state index contributed by atoms with van der Waals surface area (Å²) in [5.41, 5.74) is 0.473. The van der Waals surface area contributed by atoms with Crippen LogP contribution < -0.4 is 0 Å². The molecule has 2 heterocycles. The van der Waals surface area contributed by atoms with Crippen LogP contribution in [0.1, 0.15) is 60.3 Å². The van der Waals surface area contributed by atoms with E-state index in [4.69, 9.17) is 0 Å². The summed E-state index contributed by atoms with van der Waals surface area (Å²) in [6.45, 7) is 4.48. The zero-order chi connectivity index (χ0) is 22.3. The number of halogens is 4. The van der Waals surface area contributed by atoms with Crippen LogP contribution in [0.5, 0.6) is 0 Å². The standard InChI is InChI=1S/C23H23F4N3O/c1-14(2)30-20-13-16(24)7-8-18(20)21(28-30)22(31)29-11-9-15(10-12-29)17-5-3-4-6-19(17)23(25,26)27/h3-8,13-15H,9-12H2,1-2H3. The molecule has 3 aromatic rings. The fourth-order valence-electron chi connectivity index (χ4n) is 4.32. The van der Waals surface area contributed by atoms with Crippen molar-refractivity contribution >= 4 is 16.8 Å². The summed E-state index contributed by atoms with van der Waals surface area (Å²) >= 11 is 0. The van der Waals surface area contributed by atoms with E-state index in [9.17, 15) is 22.4 Å². The van der Waals surface area contributed by atoms with Crippen molar-refractivity contribution in [1.29, 1.82) is 0 Å². The number of fused-ring (bicyclic) bond motifs is 1. The summed E-state index contributed by atoms with van der Waals surface area (Å²) in [5, 5.41) is 5.01. The molecule has 1 aromatic heterocycles. The molecule has 2 aromatic carbocycles. The number of hydrogen-bond donors (Lipinski definition) is 0. The second-order valence-electron chi connectivity index (χ2n) is 8.20. The number of nitrogens with zero attached hydrogens (tertiary/aromatic N) is 3. The fraction of sp³-hybridized carbons (Fsp3) is 0.391. The summed E-state index contributed by atoms with van der Waals surface area (Å²) in [6, 6.07) is 9.79. The predicted molar refractivity (Wildman–Crippen MR) is 109 cm³/mol. The smallest absolute Gasteiger partial charge is 0.337 e. The molecule has 0 radical (unpaired) electrons. The summed E-state index contributed by atoms with van der Waals surface area (Å²) < 4.78 is 55.5. The molecule has 1 aliphatic heterocycles. The number of aromatic nitrogens is 2. The Morgan fingerprint density at radius 1 is 1.10 bits per heavy atom. The van der Waals surface area contributed by atoms with E-state index in [0.29, 0.717) is 36.8 Å². The molecule has 1 fully saturated rings. The van der Waals surface area contributed by atoms with Crippen molar-refractivity contribution in [3.63, 3.8) is 0 Å². The largest absolute Gasteiger partial charge is 0.416 e. The Balaban J connectivity index is 1.56. The minimum absolute atomic E-state index is 0.0598. The molecule has 0 saturated carbocycles. The van der Waals surface area contributed by atoms with Gasteiger partial charge in [0.25, 0.3) is 5.91 Å². The molecule has 0 atom stereocenters. The molecule has 31 heavy (non-hydrogen) atoms. The van der Waals surface area contributed by atoms with E-state index in [1.807, 2.05) is 13.8 Å². The zero-order valence-electron chi connectivity index (χ0n) is 17.3. The first-order chi connectivity index (χ1) is 14.7. The van der Waals surface area contributed by atoms with Crippen molar-refractivity contribution in [3.05, 3.63) is 65.1 Å². The van der Waals surface area contributed by atoms with Gasteiger partial charge in [0.05, 0.1) is 11.1 Å². The van der Waals surface area contributed by atoms with Gasteiger partial charge in [0.2, 0.25) is 0 Å². The second-order valence-corrected chi connectivity index (χ2v) is 8.20. The Labute approximate surface area is 177 Å². The summed E-state index contributed by atoms with van der Waals surface area (Å²) in [6.07, 6.45) is -3.52. The van der Waals surface area contributed by atoms with Crippen molar-refractivity contribution in [3.8, 4) is 0 Å². The van der Waals surface area contributed by atoms with Gasteiger partial charge < -0.3 is 4.90 Å². The van der Waals surface area contributed by atoms with Crippen molar-refractivity contribution in [2.75, 3.05) is 13.1 Å². The quantitative estimate of drug-likeness (QED) is 0.490. The third kappa shape index (κ3) is 4.03. The van der Waals surface area contributed by atoms with Gasteiger partial charge in [0.1, 0.15) is 5.82 Å². The van der Waals surface area contributed by atoms with Gasteiger partial charge in [-0.05, 0) is 62.4 Å². The van der Waals surface area contributed by atoms with Gasteiger partial charge in [-0.1, -0.05) is 18.2 Å². The maximum Gasteiger partial charge on any atom is 0.416 e. The average molecular weight is 433 g/mol. The van der Waals surface area contributed by atoms with E-state index in [1.165, 1.54) is 24.3 Å². The summed E-state index contributed by atoms with van der Waals surface area (Å²) in [4.78, 5) is 14.8. The molecule has 1 saturated heterocycles. The third-order valence-corrected chi connectivity index (χ3v) is 5.85. The van der Waals surface area contributed by atoms with Gasteiger partial charge in [-0.15, -0.1) is 0 Å². The molecule has 4 rings (SSSR count). The first-order valence-corrected chi connectivity index (χ1v) is 10.3. The highest BCUT2D eigenvalue weighted by Crippen LogP contribution is 2.39. The van der Waals surface area contributed by atoms with Crippen LogP contribution in [-0.2, 0) is 6.18 Å². The first kappa shape index (κ1) is 21.3. The lowest BCUT2D eigenvalue weighted by molar-refractivity contribution is -0.138. The Hall–Kier alpha value is -2.90. The maximum atomic E-state index is 13.7. The summed E-state index contributed by atoms with van der Waals surface area (Å²) in [5.74, 6) is -0.947. The lowest BCUT2D eigenvalue weighted by Gasteiger charge is -2.33. The van der Waals surface area contributed by atoms with E-state index in [2.05, 4.69) is 5.10 Å². The molecule has 1 aliphatic rings. The summed E-state index contributed by atoms with van der Waals surface area (Å²) in [7, 11) is 0. The first-order valence-electron chi connectivity index (χ1n) is 10.3. The van der Waals surface area contributed by atoms with Crippen LogP contribution in [0.4, 0.5) is 17.6 Å². The van der Waals surface area contributed by atoms with E-state index in [0.717, 1.165) is 6.07 Å². The van der Waals surface area contributed by atoms with Gasteiger partial charge >= 0.3 is 6.18 Å². The van der Waals surface area contributed by atoms with Crippen molar-refractivity contribution < 1.29 is 22.4 Å². The predicted octanol–water partition coefficient (Wildman–Crippen LogP) is 5.79. The number of amides is 1. The number of hydrogen-bond acceptors (Lipinski definition) is 2. The van der Waals surface area contributed by atoms with Crippen LogP contribution in [0, 0.1) is 5.82 Å². The number of likely N-dealkylation sites (tertiary alicyclic amines) is 1. The van der Waals surface area contributed by atoms with E-state index >= 15 is 0 Å². The second kappa shape index (κ2) is 7.98. The maximum absolute atomic E-state index is 13.7. The lowest BCUT2D eigenvalue weighted by Crippen LogP contribution is -2.38. The van der Waals surface area contributed by atoms with Gasteiger partial charge in [-0.3, -0.25) is 9.48 Å². The monoisotopic (exact) mass is 433 g/mol. The molecule has 0 bridgehead atoms. The molecule has 1 amide bonds. The highest BCUT2D eigenvalue weighted by atomic mass is 19.4. The SMILES string of the molecule is CC(C)n1nc(C(=O)N2CCC(c3ccccc3C(F)(F)F)CC2)c2ccc(F)cc21. The molecule has 0 N–H and O–H groups in total. The molecule has 4 nitrogen and oxygen atoms in total. The van der Waals surface area contributed by atoms with Crippen LogP contribution in [0.15, 0.2) is 42.5 Å². The Kier molecular flexibility index (Phi) is 5.49. The molecule has 0 aliphatic carbocycles. The van der Waals surface area contributed by atoms with Crippen molar-refractivity contribution in [2.45, 2.75) is 44.8 Å². The van der Waals surface area contributed by atoms with Crippen molar-refractivity contribution in [1.82, 2.24) is 14.7 Å². The lowest BCUT2D eigenvalue weighted by atomic mass is 9.86. The topological polar surface area (TPSA) is 38.1 Å². The third-order valence-electron chi connectivity index (χ3n) is 5.85. The number of alkyl halides is 3. The molecule has 0 unspecified atom stereocenters. The highest BCUT2D eigenvalue weighted by molar-refractivity contribution is 6.05. The molecule has 8 heteroatoms. The minimum Gasteiger partial charge on any atom is -0.337 e. The number of carbonyl (C=O) groups excluding carboxylic acids is 1. The molecular formula is C23H23F4N3O. The average Bonchev–Trinajstić information content (AvgIpc) is 3.11. The minimum atomic E-state index is -4.40. The Morgan fingerprint density at radius 3 is 2.42 bits per heavy atom. The highest BCUT2D eigenvalue weighted by Gasteiger charge is 2.36. The van der Waals surface area contributed by atoms with Gasteiger partial charge in [0.15, 0.2) is 5.69 Å². The number of benzene rings is 2. The number of carbonyl (C=O) groups is 1. The van der Waals surface area contributed by atoms with Gasteiger partial charge in [-0.2, -0.15) is 18.3 Å². The molecule has 164 valence electrons. The normalized spacial score (nSPS) is 15.8. The Bertz CT molecular complexity index is 1110. The zero-order valence-corrected chi connectivity index (χ0v) is 17.3. The number of piperidine rings is 1. The van der Waals surface area contributed by atoms with Crippen molar-refractivity contribution in [2.24, 2.45) is 0 Å². The molecular weight excluding hydrogens is 410 g/mol. The van der Waals surface area contributed by atoms with Gasteiger partial charge in [0, 0.05) is 24.5 Å².